The first-order valence-corrected chi connectivity index (χ1v) is 9.07. The van der Waals surface area contributed by atoms with Crippen LogP contribution in [0.5, 0.6) is 0 Å². The average Bonchev–Trinajstić information content (AvgIpc) is 3.07. The van der Waals surface area contributed by atoms with E-state index in [1.165, 1.54) is 12.1 Å². The molecule has 1 unspecified atom stereocenters. The number of hydrogen-bond donors (Lipinski definition) is 0. The van der Waals surface area contributed by atoms with E-state index >= 15 is 0 Å². The highest BCUT2D eigenvalue weighted by Crippen LogP contribution is 2.36. The van der Waals surface area contributed by atoms with Crippen LogP contribution in [0.1, 0.15) is 40.7 Å². The fourth-order valence-electron chi connectivity index (χ4n) is 3.29. The standard InChI is InChI=1S/C19H16F2N2OS/c20-13-7-5-6-12(17(13)21)19(24)23-11-4-3-9-15(23)18-22-14-8-1-2-10-16(14)25-18/h1-2,5-8,10,15H,3-4,9,11H2. The number of carbonyl (C=O) groups excluding carboxylic acids is 1. The Bertz CT molecular complexity index is 907. The van der Waals surface area contributed by atoms with E-state index in [0.717, 1.165) is 40.6 Å². The third-order valence-corrected chi connectivity index (χ3v) is 5.68. The zero-order valence-electron chi connectivity index (χ0n) is 13.4. The fourth-order valence-corrected chi connectivity index (χ4v) is 4.40. The number of likely N-dealkylation sites (tertiary alicyclic amines) is 1. The first-order chi connectivity index (χ1) is 12.1. The normalized spacial score (nSPS) is 17.8. The predicted molar refractivity (Wildman–Crippen MR) is 93.6 cm³/mol. The van der Waals surface area contributed by atoms with Gasteiger partial charge in [0.05, 0.1) is 21.8 Å². The predicted octanol–water partition coefficient (Wildman–Crippen LogP) is 4.94. The van der Waals surface area contributed by atoms with Gasteiger partial charge in [-0.15, -0.1) is 11.3 Å². The van der Waals surface area contributed by atoms with Gasteiger partial charge < -0.3 is 4.90 Å². The number of rotatable bonds is 2. The summed E-state index contributed by atoms with van der Waals surface area (Å²) in [6.45, 7) is 0.523. The van der Waals surface area contributed by atoms with Crippen molar-refractivity contribution in [3.8, 4) is 0 Å². The molecule has 3 nitrogen and oxygen atoms in total. The van der Waals surface area contributed by atoms with Crippen LogP contribution in [0, 0.1) is 11.6 Å². The molecule has 2 heterocycles. The molecule has 0 spiro atoms. The molecule has 1 fully saturated rings. The van der Waals surface area contributed by atoms with Gasteiger partial charge in [0.15, 0.2) is 11.6 Å². The highest BCUT2D eigenvalue weighted by molar-refractivity contribution is 7.18. The molecule has 6 heteroatoms. The molecule has 0 radical (unpaired) electrons. The summed E-state index contributed by atoms with van der Waals surface area (Å²) in [6, 6.07) is 11.4. The van der Waals surface area contributed by atoms with E-state index in [9.17, 15) is 13.6 Å². The molecule has 0 N–H and O–H groups in total. The minimum Gasteiger partial charge on any atom is -0.329 e. The monoisotopic (exact) mass is 358 g/mol. The Morgan fingerprint density at radius 2 is 1.96 bits per heavy atom. The van der Waals surface area contributed by atoms with Crippen molar-refractivity contribution in [2.45, 2.75) is 25.3 Å². The second kappa shape index (κ2) is 6.52. The molecule has 1 aliphatic rings. The Labute approximate surface area is 147 Å². The van der Waals surface area contributed by atoms with Crippen molar-refractivity contribution in [3.05, 3.63) is 64.7 Å². The van der Waals surface area contributed by atoms with Crippen molar-refractivity contribution in [2.75, 3.05) is 6.54 Å². The minimum atomic E-state index is -1.08. The minimum absolute atomic E-state index is 0.193. The number of benzene rings is 2. The molecule has 1 aromatic heterocycles. The highest BCUT2D eigenvalue weighted by atomic mass is 32.1. The van der Waals surface area contributed by atoms with Gasteiger partial charge in [-0.1, -0.05) is 18.2 Å². The van der Waals surface area contributed by atoms with Crippen LogP contribution in [0.15, 0.2) is 42.5 Å². The van der Waals surface area contributed by atoms with Crippen LogP contribution < -0.4 is 0 Å². The third-order valence-electron chi connectivity index (χ3n) is 4.54. The fraction of sp³-hybridized carbons (Fsp3) is 0.263. The van der Waals surface area contributed by atoms with E-state index in [1.54, 1.807) is 16.2 Å². The molecule has 4 rings (SSSR count). The largest absolute Gasteiger partial charge is 0.329 e. The molecule has 0 saturated carbocycles. The van der Waals surface area contributed by atoms with Crippen LogP contribution in [0.4, 0.5) is 8.78 Å². The summed E-state index contributed by atoms with van der Waals surface area (Å²) < 4.78 is 28.6. The van der Waals surface area contributed by atoms with Gasteiger partial charge in [-0.25, -0.2) is 13.8 Å². The lowest BCUT2D eigenvalue weighted by atomic mass is 10.0. The summed E-state index contributed by atoms with van der Waals surface area (Å²) in [7, 11) is 0. The van der Waals surface area contributed by atoms with E-state index in [4.69, 9.17) is 0 Å². The summed E-state index contributed by atoms with van der Waals surface area (Å²) in [5, 5.41) is 0.853. The number of halogens is 2. The van der Waals surface area contributed by atoms with Crippen molar-refractivity contribution in [3.63, 3.8) is 0 Å². The van der Waals surface area contributed by atoms with Gasteiger partial charge in [-0.3, -0.25) is 4.79 Å². The number of hydrogen-bond acceptors (Lipinski definition) is 3. The Morgan fingerprint density at radius 1 is 1.12 bits per heavy atom. The summed E-state index contributed by atoms with van der Waals surface area (Å²) in [5.41, 5.74) is 0.686. The van der Waals surface area contributed by atoms with Crippen molar-refractivity contribution in [1.82, 2.24) is 9.88 Å². The SMILES string of the molecule is O=C(c1cccc(F)c1F)N1CCCCC1c1nc2ccccc2s1. The molecular weight excluding hydrogens is 342 g/mol. The molecule has 1 atom stereocenters. The number of para-hydroxylation sites is 1. The first-order valence-electron chi connectivity index (χ1n) is 8.25. The van der Waals surface area contributed by atoms with Gasteiger partial charge in [0.25, 0.3) is 5.91 Å². The molecule has 1 saturated heterocycles. The van der Waals surface area contributed by atoms with Crippen molar-refractivity contribution in [1.29, 1.82) is 0 Å². The summed E-state index contributed by atoms with van der Waals surface area (Å²) >= 11 is 1.55. The molecule has 2 aromatic carbocycles. The molecule has 3 aromatic rings. The Hall–Kier alpha value is -2.34. The summed E-state index contributed by atoms with van der Waals surface area (Å²) in [4.78, 5) is 19.2. The maximum atomic E-state index is 14.1. The van der Waals surface area contributed by atoms with Gasteiger partial charge in [-0.2, -0.15) is 0 Å². The highest BCUT2D eigenvalue weighted by Gasteiger charge is 2.32. The number of fused-ring (bicyclic) bond motifs is 1. The summed E-state index contributed by atoms with van der Waals surface area (Å²) in [6.07, 6.45) is 2.61. The lowest BCUT2D eigenvalue weighted by molar-refractivity contribution is 0.0605. The smallest absolute Gasteiger partial charge is 0.257 e. The number of carbonyl (C=O) groups is 1. The molecule has 1 amide bonds. The zero-order valence-corrected chi connectivity index (χ0v) is 14.2. The molecule has 1 aliphatic heterocycles. The molecular formula is C19H16F2N2OS. The first kappa shape index (κ1) is 16.1. The van der Waals surface area contributed by atoms with E-state index in [-0.39, 0.29) is 11.6 Å². The van der Waals surface area contributed by atoms with E-state index < -0.39 is 17.5 Å². The van der Waals surface area contributed by atoms with Crippen LogP contribution in [-0.4, -0.2) is 22.3 Å². The number of thiazole rings is 1. The van der Waals surface area contributed by atoms with Gasteiger partial charge in [0.2, 0.25) is 0 Å². The van der Waals surface area contributed by atoms with Crippen molar-refractivity contribution >= 4 is 27.5 Å². The third kappa shape index (κ3) is 2.91. The van der Waals surface area contributed by atoms with Crippen LogP contribution >= 0.6 is 11.3 Å². The molecule has 25 heavy (non-hydrogen) atoms. The molecule has 0 aliphatic carbocycles. The molecule has 0 bridgehead atoms. The maximum Gasteiger partial charge on any atom is 0.257 e. The Morgan fingerprint density at radius 3 is 2.80 bits per heavy atom. The van der Waals surface area contributed by atoms with Crippen LogP contribution in [0.25, 0.3) is 10.2 Å². The van der Waals surface area contributed by atoms with Gasteiger partial charge in [0.1, 0.15) is 5.01 Å². The van der Waals surface area contributed by atoms with Gasteiger partial charge >= 0.3 is 0 Å². The zero-order chi connectivity index (χ0) is 17.4. The number of nitrogens with zero attached hydrogens (tertiary/aromatic N) is 2. The van der Waals surface area contributed by atoms with Crippen LogP contribution in [0.2, 0.25) is 0 Å². The second-order valence-corrected chi connectivity index (χ2v) is 7.19. The van der Waals surface area contributed by atoms with Gasteiger partial charge in [-0.05, 0) is 43.5 Å². The van der Waals surface area contributed by atoms with Crippen molar-refractivity contribution in [2.24, 2.45) is 0 Å². The second-order valence-electron chi connectivity index (χ2n) is 6.13. The lowest BCUT2D eigenvalue weighted by Crippen LogP contribution is -2.39. The quantitative estimate of drug-likeness (QED) is 0.650. The molecule has 128 valence electrons. The van der Waals surface area contributed by atoms with E-state index in [1.807, 2.05) is 24.3 Å². The summed E-state index contributed by atoms with van der Waals surface area (Å²) in [5.74, 6) is -2.55. The number of piperidine rings is 1. The van der Waals surface area contributed by atoms with Gasteiger partial charge in [0, 0.05) is 6.54 Å². The van der Waals surface area contributed by atoms with Crippen molar-refractivity contribution < 1.29 is 13.6 Å². The van der Waals surface area contributed by atoms with E-state index in [0.29, 0.717) is 6.54 Å². The Kier molecular flexibility index (Phi) is 4.21. The Balaban J connectivity index is 1.71. The average molecular weight is 358 g/mol. The van der Waals surface area contributed by atoms with E-state index in [2.05, 4.69) is 4.98 Å². The lowest BCUT2D eigenvalue weighted by Gasteiger charge is -2.34. The number of amides is 1. The maximum absolute atomic E-state index is 14.1. The van der Waals surface area contributed by atoms with Crippen LogP contribution in [0.3, 0.4) is 0 Å². The van der Waals surface area contributed by atoms with Crippen LogP contribution in [-0.2, 0) is 0 Å². The topological polar surface area (TPSA) is 33.2 Å². The number of aromatic nitrogens is 1.